The summed E-state index contributed by atoms with van der Waals surface area (Å²) in [6, 6.07) is 9.45. The molecule has 0 aliphatic heterocycles. The lowest BCUT2D eigenvalue weighted by Crippen LogP contribution is -2.44. The molecule has 0 N–H and O–H groups in total. The molecule has 0 unspecified atom stereocenters. The van der Waals surface area contributed by atoms with E-state index in [1.807, 2.05) is 52.0 Å². The molecule has 0 spiro atoms. The highest BCUT2D eigenvalue weighted by molar-refractivity contribution is 7.17. The molecule has 1 amide bonds. The Balaban J connectivity index is 2.06. The molecule has 0 fully saturated rings. The molecule has 2 heterocycles. The molecule has 0 saturated carbocycles. The van der Waals surface area contributed by atoms with Crippen LogP contribution in [0.15, 0.2) is 45.3 Å². The molecular weight excluding hydrogens is 374 g/mol. The number of amides is 1. The van der Waals surface area contributed by atoms with Crippen LogP contribution in [0.3, 0.4) is 0 Å². The molecular formula is C21H25N3O3S. The van der Waals surface area contributed by atoms with Gasteiger partial charge >= 0.3 is 5.69 Å². The van der Waals surface area contributed by atoms with Crippen LogP contribution in [-0.2, 0) is 17.9 Å². The molecule has 0 atom stereocenters. The third-order valence-corrected chi connectivity index (χ3v) is 5.50. The number of aryl methyl sites for hydroxylation is 1. The van der Waals surface area contributed by atoms with Gasteiger partial charge in [0, 0.05) is 18.8 Å². The number of carbonyl (C=O) groups excluding carboxylic acids is 1. The van der Waals surface area contributed by atoms with Crippen molar-refractivity contribution in [3.63, 3.8) is 0 Å². The van der Waals surface area contributed by atoms with E-state index in [2.05, 4.69) is 0 Å². The smallest absolute Gasteiger partial charge is 0.311 e. The quantitative estimate of drug-likeness (QED) is 0.639. The maximum Gasteiger partial charge on any atom is 0.332 e. The zero-order valence-electron chi connectivity index (χ0n) is 16.6. The van der Waals surface area contributed by atoms with Gasteiger partial charge in [-0.05, 0) is 48.9 Å². The second-order valence-electron chi connectivity index (χ2n) is 7.29. The number of fused-ring (bicyclic) bond motifs is 1. The Hall–Kier alpha value is -2.67. The number of aromatic nitrogens is 2. The summed E-state index contributed by atoms with van der Waals surface area (Å²) < 4.78 is 3.18. The van der Waals surface area contributed by atoms with Crippen LogP contribution >= 0.6 is 11.3 Å². The average Bonchev–Trinajstić information content (AvgIpc) is 3.12. The van der Waals surface area contributed by atoms with E-state index in [1.54, 1.807) is 16.3 Å². The van der Waals surface area contributed by atoms with Crippen molar-refractivity contribution in [3.05, 3.63) is 62.1 Å². The van der Waals surface area contributed by atoms with E-state index >= 15 is 0 Å². The highest BCUT2D eigenvalue weighted by atomic mass is 32.1. The van der Waals surface area contributed by atoms with Crippen LogP contribution in [0.2, 0.25) is 0 Å². The van der Waals surface area contributed by atoms with E-state index < -0.39 is 5.69 Å². The number of rotatable bonds is 6. The van der Waals surface area contributed by atoms with Crippen LogP contribution in [0.25, 0.3) is 10.2 Å². The average molecular weight is 400 g/mol. The maximum absolute atomic E-state index is 13.1. The van der Waals surface area contributed by atoms with Gasteiger partial charge in [0.2, 0.25) is 5.91 Å². The first-order valence-corrected chi connectivity index (χ1v) is 10.3. The van der Waals surface area contributed by atoms with Gasteiger partial charge in [-0.2, -0.15) is 0 Å². The fraction of sp³-hybridized carbons (Fsp3) is 0.381. The second kappa shape index (κ2) is 8.14. The van der Waals surface area contributed by atoms with Gasteiger partial charge in [0.1, 0.15) is 11.2 Å². The molecule has 6 nitrogen and oxygen atoms in total. The molecule has 148 valence electrons. The highest BCUT2D eigenvalue weighted by Crippen LogP contribution is 2.18. The van der Waals surface area contributed by atoms with E-state index in [0.717, 1.165) is 11.3 Å². The molecule has 28 heavy (non-hydrogen) atoms. The van der Waals surface area contributed by atoms with Gasteiger partial charge in [0.05, 0.1) is 5.52 Å². The topological polar surface area (TPSA) is 64.3 Å². The summed E-state index contributed by atoms with van der Waals surface area (Å²) in [7, 11) is 0. The molecule has 7 heteroatoms. The second-order valence-corrected chi connectivity index (χ2v) is 8.21. The Bertz CT molecular complexity index is 1120. The Kier molecular flexibility index (Phi) is 5.84. The number of likely N-dealkylation sites (N-methyl/N-ethyl adjacent to an activating group) is 1. The lowest BCUT2D eigenvalue weighted by molar-refractivity contribution is -0.119. The Labute approximate surface area is 167 Å². The lowest BCUT2D eigenvalue weighted by atomic mass is 10.2. The Morgan fingerprint density at radius 3 is 2.57 bits per heavy atom. The summed E-state index contributed by atoms with van der Waals surface area (Å²) in [6.07, 6.45) is 0. The third-order valence-electron chi connectivity index (χ3n) is 4.61. The number of anilines is 1. The van der Waals surface area contributed by atoms with Crippen molar-refractivity contribution in [3.8, 4) is 0 Å². The van der Waals surface area contributed by atoms with Crippen LogP contribution < -0.4 is 16.1 Å². The monoisotopic (exact) mass is 399 g/mol. The molecule has 0 bridgehead atoms. The van der Waals surface area contributed by atoms with E-state index in [1.165, 1.54) is 20.5 Å². The van der Waals surface area contributed by atoms with Crippen molar-refractivity contribution >= 4 is 33.1 Å². The fourth-order valence-electron chi connectivity index (χ4n) is 3.33. The van der Waals surface area contributed by atoms with E-state index in [-0.39, 0.29) is 23.9 Å². The van der Waals surface area contributed by atoms with Gasteiger partial charge < -0.3 is 4.90 Å². The molecule has 3 rings (SSSR count). The first kappa shape index (κ1) is 20.1. The minimum absolute atomic E-state index is 0.105. The first-order chi connectivity index (χ1) is 13.3. The number of thiophene rings is 1. The highest BCUT2D eigenvalue weighted by Gasteiger charge is 2.20. The molecule has 0 aliphatic carbocycles. The minimum atomic E-state index is -0.432. The van der Waals surface area contributed by atoms with Crippen LogP contribution in [0.5, 0.6) is 0 Å². The zero-order chi connectivity index (χ0) is 20.4. The van der Waals surface area contributed by atoms with Gasteiger partial charge in [-0.1, -0.05) is 26.0 Å². The number of hydrogen-bond acceptors (Lipinski definition) is 4. The van der Waals surface area contributed by atoms with E-state index in [0.29, 0.717) is 23.3 Å². The van der Waals surface area contributed by atoms with Crippen molar-refractivity contribution in [2.45, 2.75) is 40.8 Å². The summed E-state index contributed by atoms with van der Waals surface area (Å²) in [4.78, 5) is 40.5. The number of nitrogens with zero attached hydrogens (tertiary/aromatic N) is 3. The van der Waals surface area contributed by atoms with Gasteiger partial charge in [-0.25, -0.2) is 4.79 Å². The summed E-state index contributed by atoms with van der Waals surface area (Å²) in [5.74, 6) is -0.0381. The van der Waals surface area contributed by atoms with Crippen LogP contribution in [0, 0.1) is 12.8 Å². The van der Waals surface area contributed by atoms with Crippen molar-refractivity contribution < 1.29 is 4.79 Å². The zero-order valence-corrected chi connectivity index (χ0v) is 17.5. The lowest BCUT2D eigenvalue weighted by Gasteiger charge is -2.22. The molecule has 1 aromatic carbocycles. The fourth-order valence-corrected chi connectivity index (χ4v) is 4.17. The predicted molar refractivity (Wildman–Crippen MR) is 114 cm³/mol. The summed E-state index contributed by atoms with van der Waals surface area (Å²) in [5.41, 5.74) is 1.68. The normalized spacial score (nSPS) is 11.3. The molecule has 2 aromatic heterocycles. The Morgan fingerprint density at radius 1 is 1.18 bits per heavy atom. The summed E-state index contributed by atoms with van der Waals surface area (Å²) >= 11 is 1.30. The number of benzene rings is 1. The van der Waals surface area contributed by atoms with Crippen LogP contribution in [0.4, 0.5) is 5.69 Å². The molecule has 0 radical (unpaired) electrons. The standard InChI is InChI=1S/C21H25N3O3S/c1-5-22(16-8-6-7-15(4)11-16)18(25)13-23-17-9-10-28-19(17)20(26)24(21(23)27)12-14(2)3/h6-11,14H,5,12-13H2,1-4H3. The predicted octanol–water partition coefficient (Wildman–Crippen LogP) is 3.24. The number of hydrogen-bond donors (Lipinski definition) is 0. The van der Waals surface area contributed by atoms with Crippen molar-refractivity contribution in [1.82, 2.24) is 9.13 Å². The van der Waals surface area contributed by atoms with Crippen molar-refractivity contribution in [1.29, 1.82) is 0 Å². The summed E-state index contributed by atoms with van der Waals surface area (Å²) in [6.45, 7) is 8.51. The molecule has 0 saturated heterocycles. The van der Waals surface area contributed by atoms with Crippen LogP contribution in [-0.4, -0.2) is 21.6 Å². The number of carbonyl (C=O) groups is 1. The van der Waals surface area contributed by atoms with Crippen molar-refractivity contribution in [2.75, 3.05) is 11.4 Å². The van der Waals surface area contributed by atoms with E-state index in [4.69, 9.17) is 0 Å². The van der Waals surface area contributed by atoms with Crippen LogP contribution in [0.1, 0.15) is 26.3 Å². The van der Waals surface area contributed by atoms with Gasteiger partial charge in [-0.3, -0.25) is 18.7 Å². The molecule has 0 aliphatic rings. The van der Waals surface area contributed by atoms with E-state index in [9.17, 15) is 14.4 Å². The first-order valence-electron chi connectivity index (χ1n) is 9.41. The Morgan fingerprint density at radius 2 is 1.93 bits per heavy atom. The maximum atomic E-state index is 13.1. The SMILES string of the molecule is CCN(C(=O)Cn1c(=O)n(CC(C)C)c(=O)c2sccc21)c1cccc(C)c1. The van der Waals surface area contributed by atoms with Gasteiger partial charge in [0.25, 0.3) is 5.56 Å². The van der Waals surface area contributed by atoms with Gasteiger partial charge in [-0.15, -0.1) is 11.3 Å². The third kappa shape index (κ3) is 3.80. The van der Waals surface area contributed by atoms with Crippen molar-refractivity contribution in [2.24, 2.45) is 5.92 Å². The van der Waals surface area contributed by atoms with Gasteiger partial charge in [0.15, 0.2) is 0 Å². The summed E-state index contributed by atoms with van der Waals surface area (Å²) in [5, 5.41) is 1.78. The largest absolute Gasteiger partial charge is 0.332 e. The minimum Gasteiger partial charge on any atom is -0.311 e. The molecule has 3 aromatic rings.